The fourth-order valence-corrected chi connectivity index (χ4v) is 4.45. The summed E-state index contributed by atoms with van der Waals surface area (Å²) in [5, 5.41) is 6.22. The molecular formula is C26H26N6O2. The molecule has 2 saturated carbocycles. The summed E-state index contributed by atoms with van der Waals surface area (Å²) in [5.41, 5.74) is 4.37. The van der Waals surface area contributed by atoms with Crippen LogP contribution in [0.4, 0.5) is 11.6 Å². The number of fused-ring (bicyclic) bond motifs is 1. The molecule has 1 amide bonds. The molecule has 3 heterocycles. The third-order valence-electron chi connectivity index (χ3n) is 6.59. The summed E-state index contributed by atoms with van der Waals surface area (Å²) in [4.78, 5) is 25.9. The molecule has 2 atom stereocenters. The van der Waals surface area contributed by atoms with Crippen molar-refractivity contribution in [3.05, 3.63) is 78.0 Å². The highest BCUT2D eigenvalue weighted by molar-refractivity contribution is 5.94. The molecule has 6 rings (SSSR count). The summed E-state index contributed by atoms with van der Waals surface area (Å²) in [5.74, 6) is 2.78. The number of carbonyl (C=O) groups excluding carboxylic acids is 1. The van der Waals surface area contributed by atoms with Crippen LogP contribution in [-0.4, -0.2) is 32.4 Å². The van der Waals surface area contributed by atoms with Crippen LogP contribution in [0, 0.1) is 5.92 Å². The van der Waals surface area contributed by atoms with Crippen LogP contribution >= 0.6 is 0 Å². The zero-order chi connectivity index (χ0) is 23.1. The molecule has 3 aromatic heterocycles. The predicted octanol–water partition coefficient (Wildman–Crippen LogP) is 4.36. The third kappa shape index (κ3) is 4.31. The Morgan fingerprint density at radius 2 is 1.97 bits per heavy atom. The maximum absolute atomic E-state index is 12.7. The minimum atomic E-state index is -0.0583. The second-order valence-corrected chi connectivity index (χ2v) is 9.09. The first-order chi connectivity index (χ1) is 16.7. The Morgan fingerprint density at radius 1 is 1.09 bits per heavy atom. The third-order valence-corrected chi connectivity index (χ3v) is 6.59. The largest absolute Gasteiger partial charge is 0.497 e. The number of carbonyl (C=O) groups is 1. The Kier molecular flexibility index (Phi) is 5.13. The predicted molar refractivity (Wildman–Crippen MR) is 129 cm³/mol. The molecule has 0 saturated heterocycles. The van der Waals surface area contributed by atoms with Gasteiger partial charge in [0.2, 0.25) is 5.91 Å². The van der Waals surface area contributed by atoms with E-state index in [4.69, 9.17) is 4.74 Å². The molecule has 0 spiro atoms. The van der Waals surface area contributed by atoms with E-state index in [1.54, 1.807) is 13.2 Å². The van der Waals surface area contributed by atoms with Gasteiger partial charge in [0, 0.05) is 24.4 Å². The van der Waals surface area contributed by atoms with Crippen molar-refractivity contribution in [3.63, 3.8) is 0 Å². The van der Waals surface area contributed by atoms with Gasteiger partial charge in [-0.1, -0.05) is 18.2 Å². The number of nitrogens with zero attached hydrogens (tertiary/aromatic N) is 4. The topological polar surface area (TPSA) is 93.4 Å². The van der Waals surface area contributed by atoms with Crippen molar-refractivity contribution >= 4 is 23.2 Å². The lowest BCUT2D eigenvalue weighted by Gasteiger charge is -2.07. The number of rotatable bonds is 8. The highest BCUT2D eigenvalue weighted by Gasteiger charge is 2.44. The van der Waals surface area contributed by atoms with Crippen LogP contribution in [-0.2, 0) is 11.3 Å². The molecule has 2 aliphatic carbocycles. The highest BCUT2D eigenvalue weighted by atomic mass is 16.5. The fourth-order valence-electron chi connectivity index (χ4n) is 4.45. The zero-order valence-electron chi connectivity index (χ0n) is 18.9. The van der Waals surface area contributed by atoms with E-state index in [2.05, 4.69) is 48.3 Å². The summed E-state index contributed by atoms with van der Waals surface area (Å²) < 4.78 is 7.38. The van der Waals surface area contributed by atoms with Gasteiger partial charge in [-0.25, -0.2) is 15.0 Å². The Hall–Kier alpha value is -3.94. The summed E-state index contributed by atoms with van der Waals surface area (Å²) >= 11 is 0. The maximum atomic E-state index is 12.7. The van der Waals surface area contributed by atoms with E-state index in [1.807, 2.05) is 30.5 Å². The van der Waals surface area contributed by atoms with Crippen molar-refractivity contribution in [3.8, 4) is 5.75 Å². The average molecular weight is 455 g/mol. The lowest BCUT2D eigenvalue weighted by molar-refractivity contribution is -0.117. The Balaban J connectivity index is 1.07. The number of imidazole rings is 1. The van der Waals surface area contributed by atoms with Crippen LogP contribution in [0.5, 0.6) is 5.75 Å². The first-order valence-electron chi connectivity index (χ1n) is 11.6. The molecule has 2 N–H and O–H groups in total. The second kappa shape index (κ2) is 8.44. The van der Waals surface area contributed by atoms with Gasteiger partial charge in [0.25, 0.3) is 0 Å². The van der Waals surface area contributed by atoms with E-state index in [-0.39, 0.29) is 17.7 Å². The molecule has 2 fully saturated rings. The van der Waals surface area contributed by atoms with Gasteiger partial charge >= 0.3 is 0 Å². The number of methoxy groups -OCH3 is 1. The van der Waals surface area contributed by atoms with Crippen LogP contribution in [0.15, 0.2) is 61.2 Å². The SMILES string of the molecule is COc1cccc([C@H]2C[C@@H]2C(=O)Nc2cc(NCc3cn4cc(C5CC5)ccc4n3)ncn2)c1. The number of anilines is 2. The van der Waals surface area contributed by atoms with Crippen molar-refractivity contribution in [2.45, 2.75) is 37.6 Å². The Labute approximate surface area is 197 Å². The van der Waals surface area contributed by atoms with Gasteiger partial charge in [-0.05, 0) is 60.4 Å². The number of ether oxygens (including phenoxy) is 1. The average Bonchev–Trinajstić information content (AvgIpc) is 3.79. The molecule has 2 aliphatic rings. The van der Waals surface area contributed by atoms with E-state index >= 15 is 0 Å². The van der Waals surface area contributed by atoms with Gasteiger partial charge in [0.15, 0.2) is 0 Å². The standard InChI is InChI=1S/C26H26N6O2/c1-34-20-4-2-3-17(9-20)21-10-22(21)26(33)31-24-11-23(28-15-29-24)27-12-19-14-32-13-18(16-5-6-16)7-8-25(32)30-19/h2-4,7-9,11,13-16,21-22H,5-6,10,12H2,1H3,(H2,27,28,29,31,33)/t21-,22+/m1/s1. The molecule has 1 aromatic carbocycles. The van der Waals surface area contributed by atoms with Crippen molar-refractivity contribution < 1.29 is 9.53 Å². The smallest absolute Gasteiger partial charge is 0.229 e. The lowest BCUT2D eigenvalue weighted by atomic mass is 10.1. The van der Waals surface area contributed by atoms with E-state index in [9.17, 15) is 4.79 Å². The monoisotopic (exact) mass is 454 g/mol. The number of nitrogens with one attached hydrogen (secondary N) is 2. The molecule has 0 aliphatic heterocycles. The molecular weight excluding hydrogens is 428 g/mol. The summed E-state index contributed by atoms with van der Waals surface area (Å²) in [6.45, 7) is 0.533. The molecule has 34 heavy (non-hydrogen) atoms. The normalized spacial score (nSPS) is 19.1. The van der Waals surface area contributed by atoms with Crippen molar-refractivity contribution in [1.82, 2.24) is 19.4 Å². The van der Waals surface area contributed by atoms with Gasteiger partial charge in [0.05, 0.1) is 19.3 Å². The highest BCUT2D eigenvalue weighted by Crippen LogP contribution is 2.48. The van der Waals surface area contributed by atoms with Gasteiger partial charge < -0.3 is 19.8 Å². The molecule has 0 unspecified atom stereocenters. The van der Waals surface area contributed by atoms with Crippen LogP contribution in [0.2, 0.25) is 0 Å². The van der Waals surface area contributed by atoms with Crippen LogP contribution in [0.3, 0.4) is 0 Å². The van der Waals surface area contributed by atoms with E-state index < -0.39 is 0 Å². The van der Waals surface area contributed by atoms with Gasteiger partial charge in [-0.3, -0.25) is 4.79 Å². The van der Waals surface area contributed by atoms with Crippen LogP contribution in [0.1, 0.15) is 47.9 Å². The number of aromatic nitrogens is 4. The zero-order valence-corrected chi connectivity index (χ0v) is 18.9. The van der Waals surface area contributed by atoms with E-state index in [0.29, 0.717) is 24.1 Å². The van der Waals surface area contributed by atoms with Gasteiger partial charge in [-0.15, -0.1) is 0 Å². The first-order valence-corrected chi connectivity index (χ1v) is 11.6. The fraction of sp³-hybridized carbons (Fsp3) is 0.308. The van der Waals surface area contributed by atoms with Crippen LogP contribution in [0.25, 0.3) is 5.65 Å². The Morgan fingerprint density at radius 3 is 2.82 bits per heavy atom. The molecule has 172 valence electrons. The molecule has 0 radical (unpaired) electrons. The summed E-state index contributed by atoms with van der Waals surface area (Å²) in [6, 6.07) is 13.9. The second-order valence-electron chi connectivity index (χ2n) is 9.09. The van der Waals surface area contributed by atoms with Gasteiger partial charge in [-0.2, -0.15) is 0 Å². The molecule has 4 aromatic rings. The number of pyridine rings is 1. The number of hydrogen-bond acceptors (Lipinski definition) is 6. The first kappa shape index (κ1) is 20.7. The van der Waals surface area contributed by atoms with E-state index in [1.165, 1.54) is 24.7 Å². The number of hydrogen-bond donors (Lipinski definition) is 2. The van der Waals surface area contributed by atoms with Crippen LogP contribution < -0.4 is 15.4 Å². The quantitative estimate of drug-likeness (QED) is 0.411. The van der Waals surface area contributed by atoms with Crippen molar-refractivity contribution in [2.24, 2.45) is 5.92 Å². The van der Waals surface area contributed by atoms with Crippen molar-refractivity contribution in [1.29, 1.82) is 0 Å². The summed E-state index contributed by atoms with van der Waals surface area (Å²) in [7, 11) is 1.65. The number of amides is 1. The van der Waals surface area contributed by atoms with Gasteiger partial charge in [0.1, 0.15) is 29.4 Å². The van der Waals surface area contributed by atoms with Crippen molar-refractivity contribution in [2.75, 3.05) is 17.7 Å². The maximum Gasteiger partial charge on any atom is 0.229 e. The number of benzene rings is 1. The molecule has 8 nitrogen and oxygen atoms in total. The summed E-state index contributed by atoms with van der Waals surface area (Å²) in [6.07, 6.45) is 9.07. The minimum Gasteiger partial charge on any atom is -0.497 e. The minimum absolute atomic E-state index is 0.0238. The molecule has 0 bridgehead atoms. The Bertz CT molecular complexity index is 1360. The van der Waals surface area contributed by atoms with E-state index in [0.717, 1.165) is 29.1 Å². The lowest BCUT2D eigenvalue weighted by Crippen LogP contribution is -2.16. The molecule has 8 heteroatoms.